The maximum atomic E-state index is 11.7. The number of nitrogens with two attached hydrogens (primary N) is 1. The van der Waals surface area contributed by atoms with Crippen LogP contribution in [0.3, 0.4) is 0 Å². The molecule has 2 aromatic heterocycles. The van der Waals surface area contributed by atoms with E-state index >= 15 is 0 Å². The van der Waals surface area contributed by atoms with E-state index in [2.05, 4.69) is 10.3 Å². The molecule has 1 amide bonds. The third-order valence-electron chi connectivity index (χ3n) is 3.44. The van der Waals surface area contributed by atoms with Crippen LogP contribution in [-0.2, 0) is 11.2 Å². The first-order valence-electron chi connectivity index (χ1n) is 8.18. The lowest BCUT2D eigenvalue weighted by Gasteiger charge is -2.01. The molecule has 0 spiro atoms. The Morgan fingerprint density at radius 3 is 2.62 bits per heavy atom. The fourth-order valence-electron chi connectivity index (χ4n) is 2.23. The van der Waals surface area contributed by atoms with Crippen molar-refractivity contribution in [2.45, 2.75) is 19.8 Å². The van der Waals surface area contributed by atoms with E-state index in [4.69, 9.17) is 15.3 Å². The molecule has 7 nitrogen and oxygen atoms in total. The SMILES string of the molecule is CCNC(=O)c1ccc2oc(CCC(=O)O)cc2c1.Nc1ccccn1. The van der Waals surface area contributed by atoms with Gasteiger partial charge in [-0.2, -0.15) is 0 Å². The van der Waals surface area contributed by atoms with Gasteiger partial charge in [-0.15, -0.1) is 0 Å². The number of nitrogen functional groups attached to an aromatic ring is 1. The largest absolute Gasteiger partial charge is 0.481 e. The molecule has 0 radical (unpaired) electrons. The summed E-state index contributed by atoms with van der Waals surface area (Å²) in [6.45, 7) is 2.43. The second-order valence-corrected chi connectivity index (χ2v) is 5.47. The molecule has 0 aliphatic carbocycles. The first-order valence-corrected chi connectivity index (χ1v) is 8.18. The number of amides is 1. The Hall–Kier alpha value is -3.35. The van der Waals surface area contributed by atoms with E-state index in [1.165, 1.54) is 0 Å². The van der Waals surface area contributed by atoms with Gasteiger partial charge in [0.1, 0.15) is 17.2 Å². The van der Waals surface area contributed by atoms with Crippen molar-refractivity contribution in [3.63, 3.8) is 0 Å². The van der Waals surface area contributed by atoms with E-state index in [1.54, 1.807) is 36.5 Å². The molecule has 0 aliphatic heterocycles. The molecule has 0 atom stereocenters. The molecule has 2 heterocycles. The van der Waals surface area contributed by atoms with Crippen molar-refractivity contribution in [3.8, 4) is 0 Å². The molecule has 3 aromatic rings. The van der Waals surface area contributed by atoms with E-state index in [0.29, 0.717) is 35.7 Å². The molecule has 0 saturated heterocycles. The molecular formula is C19H21N3O4. The number of carbonyl (C=O) groups excluding carboxylic acids is 1. The molecule has 4 N–H and O–H groups in total. The highest BCUT2D eigenvalue weighted by Gasteiger charge is 2.09. The van der Waals surface area contributed by atoms with Crippen molar-refractivity contribution in [2.75, 3.05) is 12.3 Å². The molecule has 3 rings (SSSR count). The lowest BCUT2D eigenvalue weighted by atomic mass is 10.1. The van der Waals surface area contributed by atoms with Gasteiger partial charge >= 0.3 is 5.97 Å². The second-order valence-electron chi connectivity index (χ2n) is 5.47. The number of hydrogen-bond donors (Lipinski definition) is 3. The molecule has 1 aromatic carbocycles. The average Bonchev–Trinajstić information content (AvgIpc) is 3.03. The molecule has 0 aliphatic rings. The highest BCUT2D eigenvalue weighted by atomic mass is 16.4. The van der Waals surface area contributed by atoms with Gasteiger partial charge < -0.3 is 20.6 Å². The van der Waals surface area contributed by atoms with Crippen molar-refractivity contribution in [2.24, 2.45) is 0 Å². The van der Waals surface area contributed by atoms with E-state index in [9.17, 15) is 9.59 Å². The van der Waals surface area contributed by atoms with Gasteiger partial charge in [0.25, 0.3) is 5.91 Å². The Balaban J connectivity index is 0.000000290. The van der Waals surface area contributed by atoms with Gasteiger partial charge in [0, 0.05) is 30.1 Å². The monoisotopic (exact) mass is 355 g/mol. The smallest absolute Gasteiger partial charge is 0.303 e. The Morgan fingerprint density at radius 2 is 2.04 bits per heavy atom. The molecule has 26 heavy (non-hydrogen) atoms. The summed E-state index contributed by atoms with van der Waals surface area (Å²) in [5.74, 6) is 0.203. The maximum Gasteiger partial charge on any atom is 0.303 e. The molecule has 0 bridgehead atoms. The number of furan rings is 1. The summed E-state index contributed by atoms with van der Waals surface area (Å²) in [5.41, 5.74) is 6.48. The summed E-state index contributed by atoms with van der Waals surface area (Å²) in [6.07, 6.45) is 2.04. The van der Waals surface area contributed by atoms with E-state index in [-0.39, 0.29) is 12.3 Å². The number of aromatic nitrogens is 1. The van der Waals surface area contributed by atoms with E-state index < -0.39 is 5.97 Å². The minimum atomic E-state index is -0.858. The quantitative estimate of drug-likeness (QED) is 0.647. The number of carboxylic acids is 1. The van der Waals surface area contributed by atoms with Crippen LogP contribution in [0.4, 0.5) is 5.82 Å². The topological polar surface area (TPSA) is 118 Å². The Labute approximate surface area is 150 Å². The summed E-state index contributed by atoms with van der Waals surface area (Å²) < 4.78 is 5.52. The molecule has 0 unspecified atom stereocenters. The summed E-state index contributed by atoms with van der Waals surface area (Å²) in [6, 6.07) is 12.4. The van der Waals surface area contributed by atoms with Gasteiger partial charge in [-0.1, -0.05) is 6.07 Å². The minimum absolute atomic E-state index is 0.0308. The van der Waals surface area contributed by atoms with Crippen LogP contribution in [-0.4, -0.2) is 28.5 Å². The van der Waals surface area contributed by atoms with Gasteiger partial charge in [-0.3, -0.25) is 9.59 Å². The number of aryl methyl sites for hydroxylation is 1. The maximum absolute atomic E-state index is 11.7. The Morgan fingerprint density at radius 1 is 1.23 bits per heavy atom. The number of pyridine rings is 1. The summed E-state index contributed by atoms with van der Waals surface area (Å²) >= 11 is 0. The number of anilines is 1. The van der Waals surface area contributed by atoms with E-state index in [0.717, 1.165) is 5.39 Å². The Kier molecular flexibility index (Phi) is 6.73. The van der Waals surface area contributed by atoms with Crippen LogP contribution >= 0.6 is 0 Å². The van der Waals surface area contributed by atoms with Crippen molar-refractivity contribution in [1.29, 1.82) is 0 Å². The third kappa shape index (κ3) is 5.62. The van der Waals surface area contributed by atoms with E-state index in [1.807, 2.05) is 19.1 Å². The van der Waals surface area contributed by atoms with Crippen LogP contribution in [0.25, 0.3) is 11.0 Å². The highest BCUT2D eigenvalue weighted by molar-refractivity contribution is 5.97. The lowest BCUT2D eigenvalue weighted by Crippen LogP contribution is -2.22. The van der Waals surface area contributed by atoms with Gasteiger partial charge in [0.2, 0.25) is 0 Å². The second kappa shape index (κ2) is 9.22. The first kappa shape index (κ1) is 19.0. The van der Waals surface area contributed by atoms with Crippen LogP contribution < -0.4 is 11.1 Å². The van der Waals surface area contributed by atoms with Crippen molar-refractivity contribution < 1.29 is 19.1 Å². The number of nitrogens with zero attached hydrogens (tertiary/aromatic N) is 1. The number of fused-ring (bicyclic) bond motifs is 1. The minimum Gasteiger partial charge on any atom is -0.481 e. The molecule has 0 fully saturated rings. The molecule has 7 heteroatoms. The van der Waals surface area contributed by atoms with Crippen molar-refractivity contribution in [3.05, 3.63) is 60.0 Å². The van der Waals surface area contributed by atoms with Crippen LogP contribution in [0.1, 0.15) is 29.5 Å². The summed E-state index contributed by atoms with van der Waals surface area (Å²) in [7, 11) is 0. The standard InChI is InChI=1S/C14H15NO4.C5H6N2/c1-2-15-14(18)9-3-5-12-10(7-9)8-11(19-12)4-6-13(16)17;6-5-3-1-2-4-7-5/h3,5,7-8H,2,4,6H2,1H3,(H,15,18)(H,16,17);1-4H,(H2,6,7). The zero-order valence-corrected chi connectivity index (χ0v) is 14.4. The predicted molar refractivity (Wildman–Crippen MR) is 98.8 cm³/mol. The zero-order chi connectivity index (χ0) is 18.9. The Bertz CT molecular complexity index is 875. The number of rotatable bonds is 5. The van der Waals surface area contributed by atoms with Crippen LogP contribution in [0, 0.1) is 0 Å². The molecule has 136 valence electrons. The number of nitrogens with one attached hydrogen (secondary N) is 1. The summed E-state index contributed by atoms with van der Waals surface area (Å²) in [4.78, 5) is 26.0. The third-order valence-corrected chi connectivity index (χ3v) is 3.44. The lowest BCUT2D eigenvalue weighted by molar-refractivity contribution is -0.137. The number of hydrogen-bond acceptors (Lipinski definition) is 5. The molecular weight excluding hydrogens is 334 g/mol. The van der Waals surface area contributed by atoms with Gasteiger partial charge in [0.15, 0.2) is 0 Å². The highest BCUT2D eigenvalue weighted by Crippen LogP contribution is 2.21. The zero-order valence-electron chi connectivity index (χ0n) is 14.4. The molecule has 0 saturated carbocycles. The number of carbonyl (C=O) groups is 2. The normalized spacial score (nSPS) is 10.0. The fourth-order valence-corrected chi connectivity index (χ4v) is 2.23. The number of benzene rings is 1. The van der Waals surface area contributed by atoms with Gasteiger partial charge in [-0.25, -0.2) is 4.98 Å². The van der Waals surface area contributed by atoms with Crippen LogP contribution in [0.15, 0.2) is 53.1 Å². The number of carboxylic acid groups (broad SMARTS) is 1. The first-order chi connectivity index (χ1) is 12.5. The fraction of sp³-hybridized carbons (Fsp3) is 0.211. The van der Waals surface area contributed by atoms with Gasteiger partial charge in [0.05, 0.1) is 6.42 Å². The summed E-state index contributed by atoms with van der Waals surface area (Å²) in [5, 5.41) is 12.2. The van der Waals surface area contributed by atoms with Gasteiger partial charge in [-0.05, 0) is 43.3 Å². The van der Waals surface area contributed by atoms with Crippen LogP contribution in [0.5, 0.6) is 0 Å². The van der Waals surface area contributed by atoms with Crippen molar-refractivity contribution in [1.82, 2.24) is 10.3 Å². The van der Waals surface area contributed by atoms with Crippen LogP contribution in [0.2, 0.25) is 0 Å². The van der Waals surface area contributed by atoms with Crippen molar-refractivity contribution >= 4 is 28.7 Å². The number of aliphatic carboxylic acids is 1. The average molecular weight is 355 g/mol. The predicted octanol–water partition coefficient (Wildman–Crippen LogP) is 2.86.